The van der Waals surface area contributed by atoms with E-state index in [2.05, 4.69) is 0 Å². The Hall–Kier alpha value is 0.957. The fourth-order valence-electron chi connectivity index (χ4n) is 0. The van der Waals surface area contributed by atoms with Crippen LogP contribution in [0.1, 0.15) is 0 Å². The van der Waals surface area contributed by atoms with Crippen molar-refractivity contribution >= 4 is 17.4 Å². The van der Waals surface area contributed by atoms with Crippen molar-refractivity contribution in [1.29, 1.82) is 0 Å². The molecule has 0 aromatic rings. The number of hydrogen-bond acceptors (Lipinski definition) is 0. The van der Waals surface area contributed by atoms with Crippen LogP contribution in [0.15, 0.2) is 0 Å². The Balaban J connectivity index is 0. The van der Waals surface area contributed by atoms with Gasteiger partial charge in [-0.25, -0.2) is 0 Å². The zero-order valence-corrected chi connectivity index (χ0v) is 5.21. The molecule has 6 heavy (non-hydrogen) atoms. The van der Waals surface area contributed by atoms with E-state index in [1.807, 2.05) is 0 Å². The minimum Gasteiger partial charge on any atom is -2.00 e. The van der Waals surface area contributed by atoms with Crippen molar-refractivity contribution in [3.63, 3.8) is 0 Å². The van der Waals surface area contributed by atoms with E-state index < -0.39 is 0 Å². The Morgan fingerprint density at radius 1 is 0.500 bits per heavy atom. The van der Waals surface area contributed by atoms with Crippen molar-refractivity contribution in [3.05, 3.63) is 0 Å². The van der Waals surface area contributed by atoms with Crippen molar-refractivity contribution in [3.8, 4) is 0 Å². The molecular formula is AlO4V-5. The zero-order valence-electron chi connectivity index (χ0n) is 2.66. The molecule has 0 unspecified atom stereocenters. The average molecular weight is 142 g/mol. The fourth-order valence-corrected chi connectivity index (χ4v) is 0. The third kappa shape index (κ3) is 84.8. The van der Waals surface area contributed by atoms with Crippen LogP contribution in [-0.4, -0.2) is 17.4 Å². The summed E-state index contributed by atoms with van der Waals surface area (Å²) in [6.07, 6.45) is 0. The van der Waals surface area contributed by atoms with Crippen LogP contribution in [0.3, 0.4) is 0 Å². The van der Waals surface area contributed by atoms with Gasteiger partial charge in [0.05, 0.1) is 0 Å². The van der Waals surface area contributed by atoms with Crippen molar-refractivity contribution in [2.24, 2.45) is 0 Å². The summed E-state index contributed by atoms with van der Waals surface area (Å²) in [6.45, 7) is 0. The molecule has 0 saturated heterocycles. The van der Waals surface area contributed by atoms with Gasteiger partial charge in [-0.15, -0.1) is 0 Å². The maximum absolute atomic E-state index is 0. The largest absolute Gasteiger partial charge is 3.00 e. The molecule has 0 aliphatic rings. The molecule has 6 heteroatoms. The topological polar surface area (TPSA) is 114 Å². The van der Waals surface area contributed by atoms with Crippen LogP contribution < -0.4 is 0 Å². The molecule has 4 nitrogen and oxygen atoms in total. The molecule has 37 valence electrons. The number of rotatable bonds is 0. The van der Waals surface area contributed by atoms with E-state index >= 15 is 0 Å². The van der Waals surface area contributed by atoms with Crippen molar-refractivity contribution in [1.82, 2.24) is 0 Å². The van der Waals surface area contributed by atoms with E-state index in [0.29, 0.717) is 0 Å². The molecule has 0 fully saturated rings. The van der Waals surface area contributed by atoms with E-state index in [9.17, 15) is 0 Å². The first-order valence-electron chi connectivity index (χ1n) is 0. The van der Waals surface area contributed by atoms with Gasteiger partial charge in [0.1, 0.15) is 0 Å². The van der Waals surface area contributed by atoms with Crippen molar-refractivity contribution in [2.45, 2.75) is 0 Å². The van der Waals surface area contributed by atoms with Gasteiger partial charge in [-0.3, -0.25) is 0 Å². The summed E-state index contributed by atoms with van der Waals surface area (Å²) < 4.78 is 0. The molecule has 0 aromatic carbocycles. The molecule has 0 rings (SSSR count). The van der Waals surface area contributed by atoms with Crippen molar-refractivity contribution < 1.29 is 40.5 Å². The monoisotopic (exact) mass is 142 g/mol. The summed E-state index contributed by atoms with van der Waals surface area (Å²) in [5.41, 5.74) is 0. The van der Waals surface area contributed by atoms with Crippen LogP contribution in [-0.2, 0) is 40.5 Å². The predicted octanol–water partition coefficient (Wildman–Crippen LogP) is -0.859. The smallest absolute Gasteiger partial charge is 2.00 e. The predicted molar refractivity (Wildman–Crippen MR) is 8.50 cm³/mol. The maximum Gasteiger partial charge on any atom is 3.00 e. The van der Waals surface area contributed by atoms with Crippen LogP contribution >= 0.6 is 0 Å². The van der Waals surface area contributed by atoms with Crippen LogP contribution in [0.25, 0.3) is 0 Å². The molecule has 0 saturated carbocycles. The first kappa shape index (κ1) is 270. The Morgan fingerprint density at radius 3 is 0.500 bits per heavy atom. The molecule has 0 bridgehead atoms. The van der Waals surface area contributed by atoms with Gasteiger partial charge >= 0.3 is 17.4 Å². The summed E-state index contributed by atoms with van der Waals surface area (Å²) in [4.78, 5) is 0. The first-order valence-corrected chi connectivity index (χ1v) is 0. The molecule has 0 aromatic heterocycles. The SMILES string of the molecule is [Al+3].[O-2].[O-2].[O-2].[O-2].[V]. The van der Waals surface area contributed by atoms with Gasteiger partial charge in [0.25, 0.3) is 0 Å². The third-order valence-corrected chi connectivity index (χ3v) is 0. The van der Waals surface area contributed by atoms with Gasteiger partial charge in [0.15, 0.2) is 0 Å². The average Bonchev–Trinajstić information content (AvgIpc) is 0. The summed E-state index contributed by atoms with van der Waals surface area (Å²) in [6, 6.07) is 0. The normalized spacial score (nSPS) is 0. The Bertz CT molecular complexity index is 7.51. The Labute approximate surface area is 58.2 Å². The van der Waals surface area contributed by atoms with Crippen molar-refractivity contribution in [2.75, 3.05) is 0 Å². The quantitative estimate of drug-likeness (QED) is 0.391. The minimum atomic E-state index is 0. The van der Waals surface area contributed by atoms with Gasteiger partial charge in [-0.05, 0) is 0 Å². The second kappa shape index (κ2) is 160. The summed E-state index contributed by atoms with van der Waals surface area (Å²) in [5.74, 6) is 0. The van der Waals surface area contributed by atoms with Crippen LogP contribution in [0.5, 0.6) is 0 Å². The second-order valence-electron chi connectivity index (χ2n) is 0. The third-order valence-electron chi connectivity index (χ3n) is 0. The standard InChI is InChI=1S/Al.4O.V/q+3;4*-2;. The number of hydrogen-bond donors (Lipinski definition) is 0. The van der Waals surface area contributed by atoms with E-state index in [-0.39, 0.29) is 57.8 Å². The van der Waals surface area contributed by atoms with E-state index in [1.165, 1.54) is 0 Å². The molecule has 1 radical (unpaired) electrons. The molecule has 0 N–H and O–H groups in total. The minimum absolute atomic E-state index is 0. The molecule has 0 atom stereocenters. The van der Waals surface area contributed by atoms with Gasteiger partial charge in [-0.2, -0.15) is 0 Å². The zero-order chi connectivity index (χ0) is 0. The van der Waals surface area contributed by atoms with Gasteiger partial charge in [-0.1, -0.05) is 0 Å². The second-order valence-corrected chi connectivity index (χ2v) is 0. The van der Waals surface area contributed by atoms with E-state index in [1.54, 1.807) is 0 Å². The fraction of sp³-hybridized carbons (Fsp3) is 0. The molecule has 0 amide bonds. The van der Waals surface area contributed by atoms with Crippen LogP contribution in [0.2, 0.25) is 0 Å². The van der Waals surface area contributed by atoms with Crippen LogP contribution in [0.4, 0.5) is 0 Å². The molecule has 0 spiro atoms. The maximum atomic E-state index is 0. The van der Waals surface area contributed by atoms with E-state index in [4.69, 9.17) is 0 Å². The first-order chi connectivity index (χ1) is 0. The summed E-state index contributed by atoms with van der Waals surface area (Å²) >= 11 is 0. The van der Waals surface area contributed by atoms with Gasteiger partial charge in [0.2, 0.25) is 0 Å². The van der Waals surface area contributed by atoms with Gasteiger partial charge < -0.3 is 21.9 Å². The van der Waals surface area contributed by atoms with Gasteiger partial charge in [0, 0.05) is 18.6 Å². The Morgan fingerprint density at radius 2 is 0.500 bits per heavy atom. The molecule has 0 aliphatic heterocycles. The molecule has 0 heterocycles. The Kier molecular flexibility index (Phi) is 7180. The summed E-state index contributed by atoms with van der Waals surface area (Å²) in [7, 11) is 0. The summed E-state index contributed by atoms with van der Waals surface area (Å²) in [5, 5.41) is 0. The van der Waals surface area contributed by atoms with E-state index in [0.717, 1.165) is 0 Å². The molecular weight excluding hydrogens is 142 g/mol. The van der Waals surface area contributed by atoms with Crippen LogP contribution in [0, 0.1) is 0 Å². The molecule has 0 aliphatic carbocycles.